The van der Waals surface area contributed by atoms with Crippen molar-refractivity contribution in [3.8, 4) is 0 Å². The molecule has 2 unspecified atom stereocenters. The molecule has 118 valence electrons. The minimum absolute atomic E-state index is 0.145. The fourth-order valence-electron chi connectivity index (χ4n) is 2.36. The largest absolute Gasteiger partial charge is 0.469 e. The van der Waals surface area contributed by atoms with Crippen molar-refractivity contribution in [1.29, 1.82) is 0 Å². The Bertz CT molecular complexity index is 428. The van der Waals surface area contributed by atoms with E-state index in [4.69, 9.17) is 4.74 Å². The van der Waals surface area contributed by atoms with Crippen LogP contribution in [0.3, 0.4) is 0 Å². The number of esters is 1. The van der Waals surface area contributed by atoms with E-state index in [2.05, 4.69) is 12.2 Å². The predicted molar refractivity (Wildman–Crippen MR) is 84.1 cm³/mol. The Labute approximate surface area is 127 Å². The molecule has 0 aliphatic heterocycles. The first-order valence-electron chi connectivity index (χ1n) is 7.57. The minimum atomic E-state index is -0.734. The molecule has 0 radical (unpaired) electrons. The second kappa shape index (κ2) is 8.80. The molecule has 0 fully saturated rings. The van der Waals surface area contributed by atoms with Crippen molar-refractivity contribution >= 4 is 5.97 Å². The SMILES string of the molecule is CCCc1ccc(C(O)C(CC(=O)OC)NC(C)C)cc1. The molecule has 2 atom stereocenters. The third-order valence-corrected chi connectivity index (χ3v) is 3.40. The highest BCUT2D eigenvalue weighted by Crippen LogP contribution is 2.21. The molecule has 2 N–H and O–H groups in total. The molecule has 0 bridgehead atoms. The van der Waals surface area contributed by atoms with Crippen molar-refractivity contribution in [3.63, 3.8) is 0 Å². The summed E-state index contributed by atoms with van der Waals surface area (Å²) in [4.78, 5) is 11.5. The van der Waals surface area contributed by atoms with Gasteiger partial charge >= 0.3 is 5.97 Å². The average Bonchev–Trinajstić information content (AvgIpc) is 2.46. The van der Waals surface area contributed by atoms with Crippen LogP contribution in [0, 0.1) is 0 Å². The molecule has 0 saturated carbocycles. The average molecular weight is 293 g/mol. The van der Waals surface area contributed by atoms with Gasteiger partial charge in [0.2, 0.25) is 0 Å². The summed E-state index contributed by atoms with van der Waals surface area (Å²) >= 11 is 0. The summed E-state index contributed by atoms with van der Waals surface area (Å²) in [5.41, 5.74) is 2.08. The van der Waals surface area contributed by atoms with Crippen molar-refractivity contribution in [1.82, 2.24) is 5.32 Å². The molecule has 0 amide bonds. The lowest BCUT2D eigenvalue weighted by Gasteiger charge is -2.26. The number of carbonyl (C=O) groups is 1. The van der Waals surface area contributed by atoms with Crippen LogP contribution in [0.25, 0.3) is 0 Å². The van der Waals surface area contributed by atoms with Gasteiger partial charge in [-0.2, -0.15) is 0 Å². The highest BCUT2D eigenvalue weighted by molar-refractivity contribution is 5.70. The van der Waals surface area contributed by atoms with Crippen molar-refractivity contribution in [2.75, 3.05) is 7.11 Å². The predicted octanol–water partition coefficient (Wildman–Crippen LogP) is 2.60. The van der Waals surface area contributed by atoms with Crippen molar-refractivity contribution in [2.24, 2.45) is 0 Å². The number of benzene rings is 1. The lowest BCUT2D eigenvalue weighted by Crippen LogP contribution is -2.41. The third-order valence-electron chi connectivity index (χ3n) is 3.40. The maximum absolute atomic E-state index is 11.5. The number of aliphatic hydroxyl groups is 1. The van der Waals surface area contributed by atoms with Crippen molar-refractivity contribution in [3.05, 3.63) is 35.4 Å². The number of hydrogen-bond donors (Lipinski definition) is 2. The topological polar surface area (TPSA) is 58.6 Å². The highest BCUT2D eigenvalue weighted by Gasteiger charge is 2.24. The molecule has 0 aromatic heterocycles. The number of aliphatic hydroxyl groups excluding tert-OH is 1. The highest BCUT2D eigenvalue weighted by atomic mass is 16.5. The Morgan fingerprint density at radius 3 is 2.38 bits per heavy atom. The molecule has 0 aliphatic carbocycles. The lowest BCUT2D eigenvalue weighted by atomic mass is 9.97. The van der Waals surface area contributed by atoms with Gasteiger partial charge in [0.15, 0.2) is 0 Å². The molecule has 0 aliphatic rings. The number of hydrogen-bond acceptors (Lipinski definition) is 4. The van der Waals surface area contributed by atoms with E-state index in [0.717, 1.165) is 18.4 Å². The molecule has 0 saturated heterocycles. The van der Waals surface area contributed by atoms with Gasteiger partial charge in [-0.1, -0.05) is 51.5 Å². The Morgan fingerprint density at radius 1 is 1.29 bits per heavy atom. The van der Waals surface area contributed by atoms with E-state index >= 15 is 0 Å². The fourth-order valence-corrected chi connectivity index (χ4v) is 2.36. The second-order valence-corrected chi connectivity index (χ2v) is 5.64. The van der Waals surface area contributed by atoms with E-state index in [-0.39, 0.29) is 24.5 Å². The van der Waals surface area contributed by atoms with E-state index < -0.39 is 6.10 Å². The Hall–Kier alpha value is -1.39. The molecule has 4 heteroatoms. The van der Waals surface area contributed by atoms with E-state index in [1.54, 1.807) is 0 Å². The maximum atomic E-state index is 11.5. The van der Waals surface area contributed by atoms with Gasteiger partial charge in [-0.25, -0.2) is 0 Å². The number of carbonyl (C=O) groups excluding carboxylic acids is 1. The summed E-state index contributed by atoms with van der Waals surface area (Å²) in [6.45, 7) is 6.12. The zero-order valence-electron chi connectivity index (χ0n) is 13.4. The zero-order chi connectivity index (χ0) is 15.8. The van der Waals surface area contributed by atoms with Gasteiger partial charge in [-0.15, -0.1) is 0 Å². The van der Waals surface area contributed by atoms with Crippen LogP contribution in [0.2, 0.25) is 0 Å². The molecule has 1 rings (SSSR count). The quantitative estimate of drug-likeness (QED) is 0.723. The summed E-state index contributed by atoms with van der Waals surface area (Å²) in [5.74, 6) is -0.324. The fraction of sp³-hybridized carbons (Fsp3) is 0.588. The van der Waals surface area contributed by atoms with Crippen LogP contribution in [0.15, 0.2) is 24.3 Å². The zero-order valence-corrected chi connectivity index (χ0v) is 13.4. The van der Waals surface area contributed by atoms with Crippen LogP contribution in [-0.4, -0.2) is 30.3 Å². The monoisotopic (exact) mass is 293 g/mol. The van der Waals surface area contributed by atoms with Crippen LogP contribution in [0.1, 0.15) is 50.8 Å². The number of methoxy groups -OCH3 is 1. The second-order valence-electron chi connectivity index (χ2n) is 5.64. The van der Waals surface area contributed by atoms with E-state index in [0.29, 0.717) is 0 Å². The van der Waals surface area contributed by atoms with Crippen LogP contribution >= 0.6 is 0 Å². The van der Waals surface area contributed by atoms with Crippen LogP contribution in [0.5, 0.6) is 0 Å². The summed E-state index contributed by atoms with van der Waals surface area (Å²) in [6.07, 6.45) is 1.54. The smallest absolute Gasteiger partial charge is 0.307 e. The Morgan fingerprint density at radius 2 is 1.90 bits per heavy atom. The van der Waals surface area contributed by atoms with Gasteiger partial charge in [-0.05, 0) is 17.5 Å². The number of rotatable bonds is 8. The van der Waals surface area contributed by atoms with E-state index in [1.165, 1.54) is 12.7 Å². The number of ether oxygens (including phenoxy) is 1. The molecule has 1 aromatic rings. The van der Waals surface area contributed by atoms with Crippen LogP contribution in [0.4, 0.5) is 0 Å². The standard InChI is InChI=1S/C17H27NO3/c1-5-6-13-7-9-14(10-8-13)17(20)15(18-12(2)3)11-16(19)21-4/h7-10,12,15,17-18,20H,5-6,11H2,1-4H3. The number of nitrogens with one attached hydrogen (secondary N) is 1. The molecule has 21 heavy (non-hydrogen) atoms. The lowest BCUT2D eigenvalue weighted by molar-refractivity contribution is -0.142. The van der Waals surface area contributed by atoms with Gasteiger partial charge in [0, 0.05) is 12.1 Å². The minimum Gasteiger partial charge on any atom is -0.469 e. The van der Waals surface area contributed by atoms with Gasteiger partial charge in [-0.3, -0.25) is 4.79 Å². The summed E-state index contributed by atoms with van der Waals surface area (Å²) in [7, 11) is 1.36. The van der Waals surface area contributed by atoms with Gasteiger partial charge in [0.05, 0.1) is 19.6 Å². The molecule has 1 aromatic carbocycles. The molecule has 0 heterocycles. The van der Waals surface area contributed by atoms with Crippen LogP contribution < -0.4 is 5.32 Å². The third kappa shape index (κ3) is 5.86. The van der Waals surface area contributed by atoms with E-state index in [9.17, 15) is 9.90 Å². The van der Waals surface area contributed by atoms with E-state index in [1.807, 2.05) is 38.1 Å². The Kier molecular flexibility index (Phi) is 7.40. The van der Waals surface area contributed by atoms with Gasteiger partial charge < -0.3 is 15.2 Å². The summed E-state index contributed by atoms with van der Waals surface area (Å²) in [6, 6.07) is 7.76. The van der Waals surface area contributed by atoms with Crippen molar-refractivity contribution < 1.29 is 14.6 Å². The van der Waals surface area contributed by atoms with Crippen LogP contribution in [-0.2, 0) is 16.0 Å². The Balaban J connectivity index is 2.82. The maximum Gasteiger partial charge on any atom is 0.307 e. The normalized spacial score (nSPS) is 14.0. The summed E-state index contributed by atoms with van der Waals surface area (Å²) in [5, 5.41) is 13.8. The molecule has 4 nitrogen and oxygen atoms in total. The molecular weight excluding hydrogens is 266 g/mol. The first kappa shape index (κ1) is 17.7. The first-order valence-corrected chi connectivity index (χ1v) is 7.57. The summed E-state index contributed by atoms with van der Waals surface area (Å²) < 4.78 is 4.71. The van der Waals surface area contributed by atoms with Gasteiger partial charge in [0.1, 0.15) is 0 Å². The van der Waals surface area contributed by atoms with Gasteiger partial charge in [0.25, 0.3) is 0 Å². The molecular formula is C17H27NO3. The molecule has 0 spiro atoms. The number of aryl methyl sites for hydroxylation is 1. The van der Waals surface area contributed by atoms with Crippen molar-refractivity contribution in [2.45, 2.75) is 58.2 Å². The first-order chi connectivity index (χ1) is 9.97.